The monoisotopic (exact) mass is 338 g/mol. The van der Waals surface area contributed by atoms with E-state index in [0.29, 0.717) is 16.8 Å². The molecule has 1 aliphatic rings. The van der Waals surface area contributed by atoms with Crippen LogP contribution in [0.25, 0.3) is 0 Å². The van der Waals surface area contributed by atoms with Crippen molar-refractivity contribution in [3.05, 3.63) is 65.2 Å². The number of rotatable bonds is 4. The molecule has 0 aliphatic carbocycles. The first-order chi connectivity index (χ1) is 12.0. The van der Waals surface area contributed by atoms with Gasteiger partial charge in [0.1, 0.15) is 6.10 Å². The van der Waals surface area contributed by atoms with E-state index in [2.05, 4.69) is 5.32 Å². The largest absolute Gasteiger partial charge is 0.453 e. The molecule has 2 aromatic rings. The molecule has 1 atom stereocenters. The third kappa shape index (κ3) is 3.52. The number of fused-ring (bicyclic) bond motifs is 1. The maximum atomic E-state index is 12.3. The molecule has 1 heterocycles. The van der Waals surface area contributed by atoms with Gasteiger partial charge in [-0.25, -0.2) is 4.79 Å². The Morgan fingerprint density at radius 1 is 1.12 bits per heavy atom. The number of anilines is 1. The molecule has 3 rings (SSSR count). The standard InChI is InChI=1S/C19H18N2O4/c1-21(2)18(23)12-6-5-7-13(10-12)20-17(22)11-16-14-8-3-4-9-15(14)19(24)25-16/h3-10,16H,11H2,1-2H3,(H,20,22)/t16-/m0/s1. The summed E-state index contributed by atoms with van der Waals surface area (Å²) in [6.07, 6.45) is -0.565. The molecule has 0 saturated carbocycles. The third-order valence-corrected chi connectivity index (χ3v) is 3.95. The lowest BCUT2D eigenvalue weighted by Crippen LogP contribution is -2.22. The minimum absolute atomic E-state index is 0.0224. The predicted octanol–water partition coefficient (Wildman–Crippen LogP) is 2.63. The predicted molar refractivity (Wildman–Crippen MR) is 92.3 cm³/mol. The Labute approximate surface area is 145 Å². The highest BCUT2D eigenvalue weighted by atomic mass is 16.5. The summed E-state index contributed by atoms with van der Waals surface area (Å²) in [5, 5.41) is 2.75. The highest BCUT2D eigenvalue weighted by molar-refractivity contribution is 5.98. The zero-order chi connectivity index (χ0) is 18.0. The average Bonchev–Trinajstić information content (AvgIpc) is 2.90. The van der Waals surface area contributed by atoms with Crippen molar-refractivity contribution in [3.63, 3.8) is 0 Å². The second kappa shape index (κ2) is 6.76. The molecule has 0 saturated heterocycles. The van der Waals surface area contributed by atoms with Crippen LogP contribution < -0.4 is 5.32 Å². The molecule has 2 aromatic carbocycles. The van der Waals surface area contributed by atoms with Crippen LogP contribution >= 0.6 is 0 Å². The van der Waals surface area contributed by atoms with Gasteiger partial charge in [-0.15, -0.1) is 0 Å². The smallest absolute Gasteiger partial charge is 0.339 e. The van der Waals surface area contributed by atoms with Crippen LogP contribution in [0.1, 0.15) is 38.8 Å². The van der Waals surface area contributed by atoms with Gasteiger partial charge in [-0.05, 0) is 24.3 Å². The van der Waals surface area contributed by atoms with Crippen LogP contribution in [-0.4, -0.2) is 36.8 Å². The Morgan fingerprint density at radius 3 is 2.64 bits per heavy atom. The maximum Gasteiger partial charge on any atom is 0.339 e. The number of nitrogens with one attached hydrogen (secondary N) is 1. The summed E-state index contributed by atoms with van der Waals surface area (Å²) >= 11 is 0. The number of amides is 2. The number of cyclic esters (lactones) is 1. The quantitative estimate of drug-likeness (QED) is 0.870. The molecular formula is C19H18N2O4. The summed E-state index contributed by atoms with van der Waals surface area (Å²) in [4.78, 5) is 37.6. The molecule has 6 nitrogen and oxygen atoms in total. The number of benzene rings is 2. The van der Waals surface area contributed by atoms with E-state index in [-0.39, 0.29) is 18.2 Å². The fourth-order valence-corrected chi connectivity index (χ4v) is 2.74. The Hall–Kier alpha value is -3.15. The minimum atomic E-state index is -0.588. The molecule has 0 fully saturated rings. The maximum absolute atomic E-state index is 12.3. The zero-order valence-corrected chi connectivity index (χ0v) is 14.0. The van der Waals surface area contributed by atoms with Crippen LogP contribution in [0.5, 0.6) is 0 Å². The number of carbonyl (C=O) groups is 3. The molecule has 1 aliphatic heterocycles. The summed E-state index contributed by atoms with van der Waals surface area (Å²) in [6.45, 7) is 0. The van der Waals surface area contributed by atoms with E-state index >= 15 is 0 Å². The van der Waals surface area contributed by atoms with Crippen molar-refractivity contribution in [2.45, 2.75) is 12.5 Å². The molecule has 6 heteroatoms. The number of nitrogens with zero attached hydrogens (tertiary/aromatic N) is 1. The molecule has 1 N–H and O–H groups in total. The fraction of sp³-hybridized carbons (Fsp3) is 0.211. The third-order valence-electron chi connectivity index (χ3n) is 3.95. The van der Waals surface area contributed by atoms with E-state index in [9.17, 15) is 14.4 Å². The number of esters is 1. The van der Waals surface area contributed by atoms with Crippen LogP contribution in [0.4, 0.5) is 5.69 Å². The van der Waals surface area contributed by atoms with Gasteiger partial charge in [-0.1, -0.05) is 24.3 Å². The lowest BCUT2D eigenvalue weighted by molar-refractivity contribution is -0.118. The summed E-state index contributed by atoms with van der Waals surface area (Å²) in [7, 11) is 3.33. The molecule has 2 amide bonds. The van der Waals surface area contributed by atoms with E-state index < -0.39 is 12.1 Å². The van der Waals surface area contributed by atoms with Crippen molar-refractivity contribution in [2.24, 2.45) is 0 Å². The number of carbonyl (C=O) groups excluding carboxylic acids is 3. The second-order valence-corrected chi connectivity index (χ2v) is 6.01. The van der Waals surface area contributed by atoms with Gasteiger partial charge < -0.3 is 15.0 Å². The van der Waals surface area contributed by atoms with Gasteiger partial charge in [-0.2, -0.15) is 0 Å². The Balaban J connectivity index is 1.69. The second-order valence-electron chi connectivity index (χ2n) is 6.01. The van der Waals surface area contributed by atoms with Gasteiger partial charge in [-0.3, -0.25) is 9.59 Å². The highest BCUT2D eigenvalue weighted by Crippen LogP contribution is 2.32. The zero-order valence-electron chi connectivity index (χ0n) is 14.0. The normalized spacial score (nSPS) is 15.3. The minimum Gasteiger partial charge on any atom is -0.453 e. The topological polar surface area (TPSA) is 75.7 Å². The van der Waals surface area contributed by atoms with Gasteiger partial charge in [0.25, 0.3) is 5.91 Å². The van der Waals surface area contributed by atoms with Crippen LogP contribution in [-0.2, 0) is 9.53 Å². The summed E-state index contributed by atoms with van der Waals surface area (Å²) in [5.74, 6) is -0.842. The van der Waals surface area contributed by atoms with Crippen LogP contribution in [0, 0.1) is 0 Å². The van der Waals surface area contributed by atoms with Gasteiger partial charge in [0.05, 0.1) is 12.0 Å². The van der Waals surface area contributed by atoms with E-state index in [0.717, 1.165) is 5.56 Å². The molecule has 128 valence electrons. The lowest BCUT2D eigenvalue weighted by Gasteiger charge is -2.13. The highest BCUT2D eigenvalue weighted by Gasteiger charge is 2.32. The Kier molecular flexibility index (Phi) is 4.52. The van der Waals surface area contributed by atoms with Crippen molar-refractivity contribution in [2.75, 3.05) is 19.4 Å². The van der Waals surface area contributed by atoms with Crippen molar-refractivity contribution in [1.29, 1.82) is 0 Å². The summed E-state index contributed by atoms with van der Waals surface area (Å²) in [5.41, 5.74) is 2.23. The first-order valence-electron chi connectivity index (χ1n) is 7.87. The molecule has 0 spiro atoms. The van der Waals surface area contributed by atoms with Gasteiger partial charge in [0.2, 0.25) is 5.91 Å². The van der Waals surface area contributed by atoms with E-state index in [4.69, 9.17) is 4.74 Å². The van der Waals surface area contributed by atoms with Gasteiger partial charge in [0.15, 0.2) is 0 Å². The summed E-state index contributed by atoms with van der Waals surface area (Å²) in [6, 6.07) is 13.8. The first-order valence-corrected chi connectivity index (χ1v) is 7.87. The number of hydrogen-bond donors (Lipinski definition) is 1. The van der Waals surface area contributed by atoms with E-state index in [1.807, 2.05) is 6.07 Å². The Bertz CT molecular complexity index is 845. The van der Waals surface area contributed by atoms with Gasteiger partial charge >= 0.3 is 5.97 Å². The SMILES string of the molecule is CN(C)C(=O)c1cccc(NC(=O)C[C@@H]2OC(=O)c3ccccc32)c1. The average molecular weight is 338 g/mol. The molecule has 0 unspecified atom stereocenters. The summed E-state index contributed by atoms with van der Waals surface area (Å²) < 4.78 is 5.27. The number of ether oxygens (including phenoxy) is 1. The van der Waals surface area contributed by atoms with Crippen molar-refractivity contribution in [3.8, 4) is 0 Å². The molecule has 25 heavy (non-hydrogen) atoms. The Morgan fingerprint density at radius 2 is 1.88 bits per heavy atom. The van der Waals surface area contributed by atoms with Crippen LogP contribution in [0.2, 0.25) is 0 Å². The fourth-order valence-electron chi connectivity index (χ4n) is 2.74. The molecule has 0 bridgehead atoms. The van der Waals surface area contributed by atoms with Gasteiger partial charge in [0, 0.05) is 30.9 Å². The van der Waals surface area contributed by atoms with Crippen molar-refractivity contribution in [1.82, 2.24) is 4.90 Å². The molecule has 0 radical (unpaired) electrons. The molecular weight excluding hydrogens is 320 g/mol. The molecule has 0 aromatic heterocycles. The van der Waals surface area contributed by atoms with E-state index in [1.165, 1.54) is 4.90 Å². The first kappa shape index (κ1) is 16.7. The number of hydrogen-bond acceptors (Lipinski definition) is 4. The lowest BCUT2D eigenvalue weighted by atomic mass is 10.0. The van der Waals surface area contributed by atoms with E-state index in [1.54, 1.807) is 56.6 Å². The van der Waals surface area contributed by atoms with Crippen LogP contribution in [0.3, 0.4) is 0 Å². The van der Waals surface area contributed by atoms with Crippen LogP contribution in [0.15, 0.2) is 48.5 Å². The van der Waals surface area contributed by atoms with Crippen molar-refractivity contribution < 1.29 is 19.1 Å². The van der Waals surface area contributed by atoms with Crippen molar-refractivity contribution >= 4 is 23.5 Å².